The minimum Gasteiger partial charge on any atom is -0.353 e. The number of nitrogens with zero attached hydrogens (tertiary/aromatic N) is 2. The van der Waals surface area contributed by atoms with Crippen LogP contribution in [-0.2, 0) is 11.3 Å². The lowest BCUT2D eigenvalue weighted by molar-refractivity contribution is -0.122. The standard InChI is InChI=1S/C15H20FN3O/c1-4-19(10-14(20)18-11(2)3)9-13-7-5-6-12(8-17)15(13)16/h5-7,11H,4,9-10H2,1-3H3,(H,18,20). The minimum absolute atomic E-state index is 0.0326. The number of amides is 1. The molecule has 1 aromatic carbocycles. The first-order valence-electron chi connectivity index (χ1n) is 6.67. The summed E-state index contributed by atoms with van der Waals surface area (Å²) in [4.78, 5) is 13.6. The lowest BCUT2D eigenvalue weighted by atomic mass is 10.1. The Hall–Kier alpha value is -1.93. The molecule has 0 spiro atoms. The summed E-state index contributed by atoms with van der Waals surface area (Å²) in [5, 5.41) is 11.6. The monoisotopic (exact) mass is 277 g/mol. The number of hydrogen-bond acceptors (Lipinski definition) is 3. The molecule has 0 heterocycles. The Labute approximate surface area is 119 Å². The summed E-state index contributed by atoms with van der Waals surface area (Å²) >= 11 is 0. The van der Waals surface area contributed by atoms with Crippen molar-refractivity contribution in [1.29, 1.82) is 5.26 Å². The van der Waals surface area contributed by atoms with E-state index in [0.29, 0.717) is 18.7 Å². The number of carbonyl (C=O) groups is 1. The van der Waals surface area contributed by atoms with Crippen molar-refractivity contribution in [2.24, 2.45) is 0 Å². The SMILES string of the molecule is CCN(CC(=O)NC(C)C)Cc1cccc(C#N)c1F. The molecule has 20 heavy (non-hydrogen) atoms. The smallest absolute Gasteiger partial charge is 0.234 e. The predicted molar refractivity (Wildman–Crippen MR) is 75.3 cm³/mol. The third-order valence-electron chi connectivity index (χ3n) is 2.86. The third-order valence-corrected chi connectivity index (χ3v) is 2.86. The molecule has 0 aliphatic heterocycles. The molecule has 0 aliphatic rings. The van der Waals surface area contributed by atoms with Crippen molar-refractivity contribution in [1.82, 2.24) is 10.2 Å². The largest absolute Gasteiger partial charge is 0.353 e. The molecule has 1 rings (SSSR count). The van der Waals surface area contributed by atoms with Crippen LogP contribution in [0.25, 0.3) is 0 Å². The molecule has 0 saturated carbocycles. The van der Waals surface area contributed by atoms with Gasteiger partial charge in [-0.2, -0.15) is 5.26 Å². The van der Waals surface area contributed by atoms with Crippen molar-refractivity contribution < 1.29 is 9.18 Å². The summed E-state index contributed by atoms with van der Waals surface area (Å²) in [5.74, 6) is -0.587. The van der Waals surface area contributed by atoms with Gasteiger partial charge in [0.25, 0.3) is 0 Å². The first kappa shape index (κ1) is 16.1. The maximum absolute atomic E-state index is 14.0. The molecule has 0 fully saturated rings. The molecule has 0 aliphatic carbocycles. The molecule has 4 nitrogen and oxygen atoms in total. The summed E-state index contributed by atoms with van der Waals surface area (Å²) in [7, 11) is 0. The van der Waals surface area contributed by atoms with Crippen LogP contribution in [0.1, 0.15) is 31.9 Å². The van der Waals surface area contributed by atoms with Gasteiger partial charge in [-0.05, 0) is 26.5 Å². The van der Waals surface area contributed by atoms with Crippen LogP contribution in [-0.4, -0.2) is 29.9 Å². The molecule has 5 heteroatoms. The minimum atomic E-state index is -0.502. The van der Waals surface area contributed by atoms with Gasteiger partial charge in [0.05, 0.1) is 12.1 Å². The first-order valence-corrected chi connectivity index (χ1v) is 6.67. The quantitative estimate of drug-likeness (QED) is 0.865. The van der Waals surface area contributed by atoms with Crippen LogP contribution < -0.4 is 5.32 Å². The molecule has 0 unspecified atom stereocenters. The van der Waals surface area contributed by atoms with Crippen LogP contribution in [0.5, 0.6) is 0 Å². The second-order valence-corrected chi connectivity index (χ2v) is 4.92. The number of likely N-dealkylation sites (N-methyl/N-ethyl adjacent to an activating group) is 1. The van der Waals surface area contributed by atoms with E-state index in [4.69, 9.17) is 5.26 Å². The maximum Gasteiger partial charge on any atom is 0.234 e. The highest BCUT2D eigenvalue weighted by Gasteiger charge is 2.14. The van der Waals surface area contributed by atoms with Gasteiger partial charge >= 0.3 is 0 Å². The van der Waals surface area contributed by atoms with Crippen molar-refractivity contribution in [3.8, 4) is 6.07 Å². The van der Waals surface area contributed by atoms with E-state index in [2.05, 4.69) is 5.32 Å². The Morgan fingerprint density at radius 1 is 1.50 bits per heavy atom. The van der Waals surface area contributed by atoms with E-state index in [1.54, 1.807) is 12.1 Å². The van der Waals surface area contributed by atoms with E-state index in [1.165, 1.54) is 6.07 Å². The predicted octanol–water partition coefficient (Wildman–Crippen LogP) is 2.04. The number of halogens is 1. The average molecular weight is 277 g/mol. The first-order chi connectivity index (χ1) is 9.47. The van der Waals surface area contributed by atoms with Crippen LogP contribution in [0.4, 0.5) is 4.39 Å². The van der Waals surface area contributed by atoms with E-state index in [1.807, 2.05) is 31.7 Å². The summed E-state index contributed by atoms with van der Waals surface area (Å²) in [6, 6.07) is 6.64. The van der Waals surface area contributed by atoms with Gasteiger partial charge in [0.2, 0.25) is 5.91 Å². The van der Waals surface area contributed by atoms with Crippen molar-refractivity contribution in [2.45, 2.75) is 33.4 Å². The fraction of sp³-hybridized carbons (Fsp3) is 0.467. The Morgan fingerprint density at radius 2 is 2.20 bits per heavy atom. The fourth-order valence-corrected chi connectivity index (χ4v) is 1.88. The molecule has 1 N–H and O–H groups in total. The molecular weight excluding hydrogens is 257 g/mol. The van der Waals surface area contributed by atoms with Crippen molar-refractivity contribution in [3.05, 3.63) is 35.1 Å². The third kappa shape index (κ3) is 4.63. The maximum atomic E-state index is 14.0. The summed E-state index contributed by atoms with van der Waals surface area (Å²) < 4.78 is 14.0. The second kappa shape index (κ2) is 7.61. The van der Waals surface area contributed by atoms with Gasteiger partial charge in [-0.1, -0.05) is 19.1 Å². The molecular formula is C15H20FN3O. The van der Waals surface area contributed by atoms with Crippen molar-refractivity contribution >= 4 is 5.91 Å². The highest BCUT2D eigenvalue weighted by molar-refractivity contribution is 5.78. The Balaban J connectivity index is 2.74. The lowest BCUT2D eigenvalue weighted by Gasteiger charge is -2.21. The zero-order valence-corrected chi connectivity index (χ0v) is 12.1. The van der Waals surface area contributed by atoms with Crippen molar-refractivity contribution in [3.63, 3.8) is 0 Å². The molecule has 0 radical (unpaired) electrons. The van der Waals surface area contributed by atoms with E-state index < -0.39 is 5.82 Å². The zero-order chi connectivity index (χ0) is 15.1. The number of rotatable bonds is 6. The number of nitriles is 1. The van der Waals surface area contributed by atoms with E-state index in [0.717, 1.165) is 0 Å². The zero-order valence-electron chi connectivity index (χ0n) is 12.1. The highest BCUT2D eigenvalue weighted by atomic mass is 19.1. The van der Waals surface area contributed by atoms with Gasteiger partial charge in [0, 0.05) is 18.2 Å². The van der Waals surface area contributed by atoms with E-state index in [-0.39, 0.29) is 24.1 Å². The van der Waals surface area contributed by atoms with Crippen LogP contribution >= 0.6 is 0 Å². The number of nitrogens with one attached hydrogen (secondary N) is 1. The van der Waals surface area contributed by atoms with Crippen LogP contribution in [0, 0.1) is 17.1 Å². The molecule has 1 amide bonds. The van der Waals surface area contributed by atoms with Gasteiger partial charge in [0.1, 0.15) is 11.9 Å². The van der Waals surface area contributed by atoms with Crippen molar-refractivity contribution in [2.75, 3.05) is 13.1 Å². The van der Waals surface area contributed by atoms with Gasteiger partial charge < -0.3 is 5.32 Å². The van der Waals surface area contributed by atoms with Gasteiger partial charge in [0.15, 0.2) is 0 Å². The molecule has 0 bridgehead atoms. The Kier molecular flexibility index (Phi) is 6.13. The second-order valence-electron chi connectivity index (χ2n) is 4.92. The van der Waals surface area contributed by atoms with Crippen LogP contribution in [0.2, 0.25) is 0 Å². The molecule has 0 atom stereocenters. The number of hydrogen-bond donors (Lipinski definition) is 1. The Morgan fingerprint density at radius 3 is 2.75 bits per heavy atom. The van der Waals surface area contributed by atoms with Gasteiger partial charge in [-0.25, -0.2) is 4.39 Å². The topological polar surface area (TPSA) is 56.1 Å². The fourth-order valence-electron chi connectivity index (χ4n) is 1.88. The molecule has 0 saturated heterocycles. The number of benzene rings is 1. The summed E-state index contributed by atoms with van der Waals surface area (Å²) in [6.45, 7) is 6.85. The molecule has 108 valence electrons. The van der Waals surface area contributed by atoms with Gasteiger partial charge in [-0.3, -0.25) is 9.69 Å². The summed E-state index contributed by atoms with van der Waals surface area (Å²) in [5.41, 5.74) is 0.466. The lowest BCUT2D eigenvalue weighted by Crippen LogP contribution is -2.39. The summed E-state index contributed by atoms with van der Waals surface area (Å²) in [6.07, 6.45) is 0. The normalized spacial score (nSPS) is 10.7. The van der Waals surface area contributed by atoms with Crippen LogP contribution in [0.15, 0.2) is 18.2 Å². The average Bonchev–Trinajstić information content (AvgIpc) is 2.39. The van der Waals surface area contributed by atoms with E-state index in [9.17, 15) is 9.18 Å². The van der Waals surface area contributed by atoms with Crippen LogP contribution in [0.3, 0.4) is 0 Å². The number of carbonyl (C=O) groups excluding carboxylic acids is 1. The van der Waals surface area contributed by atoms with Gasteiger partial charge in [-0.15, -0.1) is 0 Å². The highest BCUT2D eigenvalue weighted by Crippen LogP contribution is 2.14. The Bertz CT molecular complexity index is 508. The molecule has 1 aromatic rings. The van der Waals surface area contributed by atoms with E-state index >= 15 is 0 Å². The molecule has 0 aromatic heterocycles.